The molecule has 27 heavy (non-hydrogen) atoms. The summed E-state index contributed by atoms with van der Waals surface area (Å²) < 4.78 is 5.29. The summed E-state index contributed by atoms with van der Waals surface area (Å²) in [6, 6.07) is 6.96. The predicted molar refractivity (Wildman–Crippen MR) is 101 cm³/mol. The van der Waals surface area contributed by atoms with Crippen LogP contribution in [0.15, 0.2) is 28.8 Å². The van der Waals surface area contributed by atoms with Crippen molar-refractivity contribution in [2.45, 2.75) is 33.1 Å². The molecule has 3 amide bonds. The topological polar surface area (TPSA) is 91.6 Å². The molecular weight excluding hydrogens is 346 g/mol. The molecule has 0 saturated carbocycles. The van der Waals surface area contributed by atoms with Gasteiger partial charge in [-0.1, -0.05) is 37.6 Å². The van der Waals surface area contributed by atoms with Crippen LogP contribution in [0.5, 0.6) is 0 Å². The SMILES string of the molecule is CCCCN1CCN(C(=O)Nc2ccccc2-c2nc(CC)no2)CC1=O. The molecule has 0 radical (unpaired) electrons. The fourth-order valence-electron chi connectivity index (χ4n) is 2.95. The molecule has 1 aliphatic rings. The smallest absolute Gasteiger partial charge is 0.322 e. The summed E-state index contributed by atoms with van der Waals surface area (Å²) in [4.78, 5) is 32.6. The summed E-state index contributed by atoms with van der Waals surface area (Å²) >= 11 is 0. The second-order valence-electron chi connectivity index (χ2n) is 6.50. The Balaban J connectivity index is 1.67. The van der Waals surface area contributed by atoms with Gasteiger partial charge in [-0.3, -0.25) is 4.79 Å². The van der Waals surface area contributed by atoms with Crippen LogP contribution in [-0.4, -0.2) is 58.1 Å². The van der Waals surface area contributed by atoms with Crippen molar-refractivity contribution < 1.29 is 14.1 Å². The molecule has 1 saturated heterocycles. The molecule has 1 N–H and O–H groups in total. The van der Waals surface area contributed by atoms with Crippen LogP contribution in [-0.2, 0) is 11.2 Å². The molecule has 1 fully saturated rings. The van der Waals surface area contributed by atoms with Crippen molar-refractivity contribution in [2.24, 2.45) is 0 Å². The molecule has 1 aromatic heterocycles. The number of urea groups is 1. The molecule has 0 atom stereocenters. The van der Waals surface area contributed by atoms with Crippen LogP contribution in [0, 0.1) is 0 Å². The second-order valence-corrected chi connectivity index (χ2v) is 6.50. The highest BCUT2D eigenvalue weighted by Gasteiger charge is 2.27. The lowest BCUT2D eigenvalue weighted by atomic mass is 10.1. The molecule has 1 aromatic carbocycles. The first-order valence-electron chi connectivity index (χ1n) is 9.38. The molecule has 8 heteroatoms. The molecule has 1 aliphatic heterocycles. The number of amides is 3. The van der Waals surface area contributed by atoms with Crippen LogP contribution in [0.1, 0.15) is 32.5 Å². The van der Waals surface area contributed by atoms with Gasteiger partial charge in [-0.25, -0.2) is 4.79 Å². The van der Waals surface area contributed by atoms with Gasteiger partial charge in [0, 0.05) is 26.1 Å². The van der Waals surface area contributed by atoms with Gasteiger partial charge in [-0.2, -0.15) is 4.98 Å². The summed E-state index contributed by atoms with van der Waals surface area (Å²) in [6.07, 6.45) is 2.69. The third-order valence-electron chi connectivity index (χ3n) is 4.57. The lowest BCUT2D eigenvalue weighted by Crippen LogP contribution is -2.53. The fraction of sp³-hybridized carbons (Fsp3) is 0.474. The van der Waals surface area contributed by atoms with E-state index in [4.69, 9.17) is 4.52 Å². The summed E-state index contributed by atoms with van der Waals surface area (Å²) in [5.41, 5.74) is 1.24. The van der Waals surface area contributed by atoms with Crippen LogP contribution in [0.25, 0.3) is 11.5 Å². The van der Waals surface area contributed by atoms with E-state index < -0.39 is 0 Å². The number of rotatable bonds is 6. The lowest BCUT2D eigenvalue weighted by molar-refractivity contribution is -0.134. The molecule has 8 nitrogen and oxygen atoms in total. The van der Waals surface area contributed by atoms with Gasteiger partial charge >= 0.3 is 6.03 Å². The number of nitrogens with zero attached hydrogens (tertiary/aromatic N) is 4. The normalized spacial score (nSPS) is 14.5. The molecule has 2 heterocycles. The van der Waals surface area contributed by atoms with Gasteiger partial charge in [-0.15, -0.1) is 0 Å². The molecule has 3 rings (SSSR count). The van der Waals surface area contributed by atoms with Gasteiger partial charge in [0.25, 0.3) is 5.89 Å². The first-order valence-corrected chi connectivity index (χ1v) is 9.38. The highest BCUT2D eigenvalue weighted by atomic mass is 16.5. The predicted octanol–water partition coefficient (Wildman–Crippen LogP) is 2.78. The Morgan fingerprint density at radius 2 is 2.07 bits per heavy atom. The Morgan fingerprint density at radius 1 is 1.26 bits per heavy atom. The minimum Gasteiger partial charge on any atom is -0.339 e. The van der Waals surface area contributed by atoms with E-state index in [0.29, 0.717) is 42.5 Å². The van der Waals surface area contributed by atoms with Crippen molar-refractivity contribution >= 4 is 17.6 Å². The molecule has 0 bridgehead atoms. The molecule has 144 valence electrons. The Hall–Kier alpha value is -2.90. The van der Waals surface area contributed by atoms with E-state index in [9.17, 15) is 9.59 Å². The highest BCUT2D eigenvalue weighted by Crippen LogP contribution is 2.26. The van der Waals surface area contributed by atoms with Gasteiger partial charge in [-0.05, 0) is 18.6 Å². The maximum Gasteiger partial charge on any atom is 0.322 e. The number of nitrogens with one attached hydrogen (secondary N) is 1. The van der Waals surface area contributed by atoms with Crippen LogP contribution in [0.4, 0.5) is 10.5 Å². The average molecular weight is 371 g/mol. The summed E-state index contributed by atoms with van der Waals surface area (Å²) in [7, 11) is 0. The Labute approximate surface area is 158 Å². The van der Waals surface area contributed by atoms with E-state index in [0.717, 1.165) is 19.4 Å². The largest absolute Gasteiger partial charge is 0.339 e. The lowest BCUT2D eigenvalue weighted by Gasteiger charge is -2.34. The number of benzene rings is 1. The fourth-order valence-corrected chi connectivity index (χ4v) is 2.95. The Kier molecular flexibility index (Phi) is 6.05. The highest BCUT2D eigenvalue weighted by molar-refractivity contribution is 5.95. The number of hydrogen-bond acceptors (Lipinski definition) is 5. The zero-order valence-corrected chi connectivity index (χ0v) is 15.8. The zero-order chi connectivity index (χ0) is 19.2. The average Bonchev–Trinajstić information content (AvgIpc) is 3.16. The van der Waals surface area contributed by atoms with Crippen molar-refractivity contribution in [3.8, 4) is 11.5 Å². The number of unbranched alkanes of at least 4 members (excludes halogenated alkanes) is 1. The van der Waals surface area contributed by atoms with Crippen molar-refractivity contribution in [3.05, 3.63) is 30.1 Å². The van der Waals surface area contributed by atoms with E-state index >= 15 is 0 Å². The van der Waals surface area contributed by atoms with Crippen LogP contribution in [0.3, 0.4) is 0 Å². The molecule has 0 unspecified atom stereocenters. The second kappa shape index (κ2) is 8.66. The summed E-state index contributed by atoms with van der Waals surface area (Å²) in [5.74, 6) is 0.964. The van der Waals surface area contributed by atoms with E-state index in [-0.39, 0.29) is 18.5 Å². The molecule has 0 aliphatic carbocycles. The van der Waals surface area contributed by atoms with Gasteiger partial charge in [0.05, 0.1) is 11.3 Å². The molecule has 2 aromatic rings. The number of aromatic nitrogens is 2. The number of piperazine rings is 1. The van der Waals surface area contributed by atoms with E-state index in [1.54, 1.807) is 6.07 Å². The van der Waals surface area contributed by atoms with Crippen molar-refractivity contribution in [3.63, 3.8) is 0 Å². The summed E-state index contributed by atoms with van der Waals surface area (Å²) in [5, 5.41) is 6.78. The third kappa shape index (κ3) is 4.45. The third-order valence-corrected chi connectivity index (χ3v) is 4.57. The van der Waals surface area contributed by atoms with Gasteiger partial charge < -0.3 is 19.6 Å². The molecule has 0 spiro atoms. The minimum atomic E-state index is -0.304. The van der Waals surface area contributed by atoms with E-state index in [1.165, 1.54) is 4.90 Å². The van der Waals surface area contributed by atoms with Gasteiger partial charge in [0.1, 0.15) is 6.54 Å². The standard InChI is InChI=1S/C19H25N5O3/c1-3-5-10-23-11-12-24(13-17(23)25)19(26)20-15-9-7-6-8-14(15)18-21-16(4-2)22-27-18/h6-9H,3-5,10-13H2,1-2H3,(H,20,26). The van der Waals surface area contributed by atoms with E-state index in [2.05, 4.69) is 22.4 Å². The number of aryl methyl sites for hydroxylation is 1. The van der Waals surface area contributed by atoms with Gasteiger partial charge in [0.15, 0.2) is 5.82 Å². The number of para-hydroxylation sites is 1. The Bertz CT molecular complexity index is 804. The van der Waals surface area contributed by atoms with Gasteiger partial charge in [0.2, 0.25) is 5.91 Å². The zero-order valence-electron chi connectivity index (χ0n) is 15.8. The number of hydrogen-bond donors (Lipinski definition) is 1. The van der Waals surface area contributed by atoms with Crippen molar-refractivity contribution in [1.29, 1.82) is 0 Å². The first-order chi connectivity index (χ1) is 13.1. The summed E-state index contributed by atoms with van der Waals surface area (Å²) in [6.45, 7) is 5.97. The molecular formula is C19H25N5O3. The Morgan fingerprint density at radius 3 is 2.78 bits per heavy atom. The first kappa shape index (κ1) is 18.9. The van der Waals surface area contributed by atoms with Crippen LogP contribution < -0.4 is 5.32 Å². The number of anilines is 1. The monoisotopic (exact) mass is 371 g/mol. The van der Waals surface area contributed by atoms with E-state index in [1.807, 2.05) is 30.0 Å². The van der Waals surface area contributed by atoms with Crippen LogP contribution >= 0.6 is 0 Å². The number of carbonyl (C=O) groups excluding carboxylic acids is 2. The maximum atomic E-state index is 12.7. The minimum absolute atomic E-state index is 0.0115. The van der Waals surface area contributed by atoms with Crippen molar-refractivity contribution in [1.82, 2.24) is 19.9 Å². The number of carbonyl (C=O) groups is 2. The maximum absolute atomic E-state index is 12.7. The van der Waals surface area contributed by atoms with Crippen molar-refractivity contribution in [2.75, 3.05) is 31.5 Å². The quantitative estimate of drug-likeness (QED) is 0.843. The van der Waals surface area contributed by atoms with Crippen LogP contribution in [0.2, 0.25) is 0 Å².